The van der Waals surface area contributed by atoms with Crippen LogP contribution >= 0.6 is 0 Å². The molecular formula is C13H19NO5S. The Morgan fingerprint density at radius 2 is 1.90 bits per heavy atom. The fraction of sp³-hybridized carbons (Fsp3) is 0.538. The molecule has 0 spiro atoms. The molecule has 6 nitrogen and oxygen atoms in total. The first-order chi connectivity index (χ1) is 9.34. The summed E-state index contributed by atoms with van der Waals surface area (Å²) >= 11 is 0. The molecule has 0 aliphatic rings. The summed E-state index contributed by atoms with van der Waals surface area (Å²) < 4.78 is 22.8. The fourth-order valence-corrected chi connectivity index (χ4v) is 2.69. The van der Waals surface area contributed by atoms with Crippen LogP contribution in [0.4, 0.5) is 0 Å². The molecule has 1 unspecified atom stereocenters. The van der Waals surface area contributed by atoms with Crippen LogP contribution < -0.4 is 0 Å². The minimum absolute atomic E-state index is 0.0882. The summed E-state index contributed by atoms with van der Waals surface area (Å²) in [6.07, 6.45) is 3.42. The molecule has 112 valence electrons. The van der Waals surface area contributed by atoms with Crippen LogP contribution in [0.3, 0.4) is 0 Å². The van der Waals surface area contributed by atoms with Gasteiger partial charge in [-0.3, -0.25) is 0 Å². The highest BCUT2D eigenvalue weighted by Gasteiger charge is 2.12. The van der Waals surface area contributed by atoms with E-state index in [-0.39, 0.29) is 12.5 Å². The smallest absolute Gasteiger partial charge is 0.294 e. The summed E-state index contributed by atoms with van der Waals surface area (Å²) in [5.41, 5.74) is 1.04. The van der Waals surface area contributed by atoms with Crippen LogP contribution in [-0.4, -0.2) is 26.4 Å². The van der Waals surface area contributed by atoms with E-state index in [9.17, 15) is 18.5 Å². The third kappa shape index (κ3) is 5.16. The van der Waals surface area contributed by atoms with Crippen molar-refractivity contribution in [1.82, 2.24) is 0 Å². The second-order valence-corrected chi connectivity index (χ2v) is 6.66. The van der Waals surface area contributed by atoms with Gasteiger partial charge in [-0.2, -0.15) is 0 Å². The van der Waals surface area contributed by atoms with E-state index in [1.807, 2.05) is 6.92 Å². The van der Waals surface area contributed by atoms with E-state index in [0.717, 1.165) is 18.4 Å². The Bertz CT molecular complexity index is 538. The standard InChI is InChI=1S/C13H19NO5S/c1-3-11(5-4-10-19-14(15)16)12-6-8-13(9-7-12)20(2,17)18/h6-9,11H,3-5,10H2,1-2H3. The molecular weight excluding hydrogens is 282 g/mol. The van der Waals surface area contributed by atoms with E-state index < -0.39 is 14.9 Å². The van der Waals surface area contributed by atoms with Crippen LogP contribution in [-0.2, 0) is 14.7 Å². The lowest BCUT2D eigenvalue weighted by atomic mass is 9.92. The molecule has 0 bridgehead atoms. The van der Waals surface area contributed by atoms with Crippen LogP contribution in [0.2, 0.25) is 0 Å². The Hall–Kier alpha value is -1.63. The number of hydrogen-bond acceptors (Lipinski definition) is 5. The van der Waals surface area contributed by atoms with Crippen LogP contribution in [0.25, 0.3) is 0 Å². The summed E-state index contributed by atoms with van der Waals surface area (Å²) in [6, 6.07) is 6.81. The first-order valence-corrected chi connectivity index (χ1v) is 8.31. The summed E-state index contributed by atoms with van der Waals surface area (Å²) in [4.78, 5) is 14.6. The quantitative estimate of drug-likeness (QED) is 0.418. The van der Waals surface area contributed by atoms with Crippen molar-refractivity contribution in [2.75, 3.05) is 12.9 Å². The maximum Gasteiger partial charge on any atom is 0.294 e. The van der Waals surface area contributed by atoms with Gasteiger partial charge in [-0.25, -0.2) is 8.42 Å². The highest BCUT2D eigenvalue weighted by molar-refractivity contribution is 7.90. The minimum atomic E-state index is -3.18. The van der Waals surface area contributed by atoms with Crippen LogP contribution in [0.15, 0.2) is 29.2 Å². The Kier molecular flexibility index (Phi) is 5.94. The molecule has 0 N–H and O–H groups in total. The third-order valence-corrected chi connectivity index (χ3v) is 4.29. The Morgan fingerprint density at radius 3 is 2.35 bits per heavy atom. The second kappa shape index (κ2) is 7.23. The molecule has 0 radical (unpaired) electrons. The fourth-order valence-electron chi connectivity index (χ4n) is 2.06. The molecule has 1 aromatic rings. The summed E-state index contributed by atoms with van der Waals surface area (Å²) in [6.45, 7) is 2.12. The van der Waals surface area contributed by atoms with Crippen molar-refractivity contribution in [2.24, 2.45) is 0 Å². The molecule has 7 heteroatoms. The maximum atomic E-state index is 11.4. The van der Waals surface area contributed by atoms with E-state index in [2.05, 4.69) is 4.84 Å². The zero-order valence-electron chi connectivity index (χ0n) is 11.6. The monoisotopic (exact) mass is 301 g/mol. The minimum Gasteiger partial charge on any atom is -0.314 e. The van der Waals surface area contributed by atoms with Crippen molar-refractivity contribution < 1.29 is 18.3 Å². The molecule has 20 heavy (non-hydrogen) atoms. The first kappa shape index (κ1) is 16.4. The van der Waals surface area contributed by atoms with Crippen molar-refractivity contribution in [3.05, 3.63) is 39.9 Å². The topological polar surface area (TPSA) is 86.5 Å². The number of rotatable bonds is 8. The molecule has 1 rings (SSSR count). The van der Waals surface area contributed by atoms with Crippen molar-refractivity contribution in [2.45, 2.75) is 37.0 Å². The van der Waals surface area contributed by atoms with Gasteiger partial charge in [-0.15, -0.1) is 10.1 Å². The maximum absolute atomic E-state index is 11.4. The number of benzene rings is 1. The molecule has 0 saturated carbocycles. The van der Waals surface area contributed by atoms with E-state index in [1.54, 1.807) is 24.3 Å². The molecule has 0 fully saturated rings. The lowest BCUT2D eigenvalue weighted by Crippen LogP contribution is -2.05. The zero-order valence-corrected chi connectivity index (χ0v) is 12.4. The van der Waals surface area contributed by atoms with Crippen molar-refractivity contribution >= 4 is 9.84 Å². The molecule has 1 atom stereocenters. The van der Waals surface area contributed by atoms with Gasteiger partial charge in [0.25, 0.3) is 5.09 Å². The molecule has 0 amide bonds. The van der Waals surface area contributed by atoms with Gasteiger partial charge in [-0.1, -0.05) is 19.1 Å². The van der Waals surface area contributed by atoms with E-state index in [1.165, 1.54) is 6.26 Å². The lowest BCUT2D eigenvalue weighted by Gasteiger charge is -2.15. The van der Waals surface area contributed by atoms with E-state index in [4.69, 9.17) is 0 Å². The average molecular weight is 301 g/mol. The Balaban J connectivity index is 2.63. The molecule has 1 aromatic carbocycles. The highest BCUT2D eigenvalue weighted by atomic mass is 32.2. The van der Waals surface area contributed by atoms with E-state index in [0.29, 0.717) is 11.3 Å². The Labute approximate surface area is 118 Å². The predicted octanol–water partition coefficient (Wildman–Crippen LogP) is 2.57. The second-order valence-electron chi connectivity index (χ2n) is 4.65. The van der Waals surface area contributed by atoms with Gasteiger partial charge in [0.15, 0.2) is 9.84 Å². The SMILES string of the molecule is CCC(CCCO[N+](=O)[O-])c1ccc(S(C)(=O)=O)cc1. The van der Waals surface area contributed by atoms with Crippen LogP contribution in [0, 0.1) is 10.1 Å². The molecule has 0 saturated heterocycles. The van der Waals surface area contributed by atoms with Crippen LogP contribution in [0.1, 0.15) is 37.7 Å². The molecule has 0 aliphatic heterocycles. The molecule has 0 aromatic heterocycles. The molecule has 0 heterocycles. The van der Waals surface area contributed by atoms with Crippen LogP contribution in [0.5, 0.6) is 0 Å². The van der Waals surface area contributed by atoms with Crippen molar-refractivity contribution in [3.8, 4) is 0 Å². The largest absolute Gasteiger partial charge is 0.314 e. The highest BCUT2D eigenvalue weighted by Crippen LogP contribution is 2.25. The number of nitrogens with zero attached hydrogens (tertiary/aromatic N) is 1. The van der Waals surface area contributed by atoms with Gasteiger partial charge in [0, 0.05) is 6.26 Å². The van der Waals surface area contributed by atoms with Gasteiger partial charge in [0.05, 0.1) is 11.5 Å². The lowest BCUT2D eigenvalue weighted by molar-refractivity contribution is -0.757. The normalized spacial score (nSPS) is 12.9. The summed E-state index contributed by atoms with van der Waals surface area (Å²) in [5, 5.41) is 9.25. The average Bonchev–Trinajstić information content (AvgIpc) is 2.38. The third-order valence-electron chi connectivity index (χ3n) is 3.17. The summed E-state index contributed by atoms with van der Waals surface area (Å²) in [7, 11) is -3.18. The summed E-state index contributed by atoms with van der Waals surface area (Å²) in [5.74, 6) is 0.249. The predicted molar refractivity (Wildman–Crippen MR) is 74.8 cm³/mol. The number of sulfone groups is 1. The Morgan fingerprint density at radius 1 is 1.30 bits per heavy atom. The van der Waals surface area contributed by atoms with Gasteiger partial charge < -0.3 is 4.84 Å². The van der Waals surface area contributed by atoms with Gasteiger partial charge in [-0.05, 0) is 42.9 Å². The van der Waals surface area contributed by atoms with Crippen molar-refractivity contribution in [1.29, 1.82) is 0 Å². The molecule has 0 aliphatic carbocycles. The van der Waals surface area contributed by atoms with E-state index >= 15 is 0 Å². The first-order valence-electron chi connectivity index (χ1n) is 6.42. The zero-order chi connectivity index (χ0) is 15.2. The van der Waals surface area contributed by atoms with Gasteiger partial charge in [0.1, 0.15) is 0 Å². The van der Waals surface area contributed by atoms with Gasteiger partial charge >= 0.3 is 0 Å². The van der Waals surface area contributed by atoms with Crippen molar-refractivity contribution in [3.63, 3.8) is 0 Å². The van der Waals surface area contributed by atoms with Gasteiger partial charge in [0.2, 0.25) is 0 Å². The number of hydrogen-bond donors (Lipinski definition) is 0.